The summed E-state index contributed by atoms with van der Waals surface area (Å²) in [6.07, 6.45) is 4.82. The number of aromatic nitrogens is 3. The van der Waals surface area contributed by atoms with E-state index in [9.17, 15) is 8.42 Å². The van der Waals surface area contributed by atoms with E-state index in [0.29, 0.717) is 31.9 Å². The molecule has 1 fully saturated rings. The van der Waals surface area contributed by atoms with Crippen molar-refractivity contribution in [1.82, 2.24) is 24.4 Å². The number of pyridine rings is 1. The number of nitrogens with one attached hydrogen (secondary N) is 1. The third kappa shape index (κ3) is 2.69. The van der Waals surface area contributed by atoms with Gasteiger partial charge in [-0.25, -0.2) is 8.42 Å². The molecular formula is C13H17N5O2S. The van der Waals surface area contributed by atoms with Gasteiger partial charge in [-0.15, -0.1) is 0 Å². The Bertz CT molecular complexity index is 720. The summed E-state index contributed by atoms with van der Waals surface area (Å²) >= 11 is 0. The van der Waals surface area contributed by atoms with Crippen molar-refractivity contribution in [3.63, 3.8) is 0 Å². The van der Waals surface area contributed by atoms with Crippen LogP contribution in [-0.2, 0) is 17.1 Å². The van der Waals surface area contributed by atoms with Gasteiger partial charge < -0.3 is 5.32 Å². The average molecular weight is 307 g/mol. The first-order valence-electron chi connectivity index (χ1n) is 6.74. The van der Waals surface area contributed by atoms with Crippen LogP contribution in [0.15, 0.2) is 35.6 Å². The molecule has 8 heteroatoms. The molecule has 0 aromatic carbocycles. The molecule has 0 atom stereocenters. The summed E-state index contributed by atoms with van der Waals surface area (Å²) < 4.78 is 28.7. The van der Waals surface area contributed by atoms with Crippen molar-refractivity contribution in [1.29, 1.82) is 0 Å². The Balaban J connectivity index is 2.06. The lowest BCUT2D eigenvalue weighted by Crippen LogP contribution is -2.46. The van der Waals surface area contributed by atoms with Crippen LogP contribution >= 0.6 is 0 Å². The highest BCUT2D eigenvalue weighted by molar-refractivity contribution is 7.89. The molecule has 0 unspecified atom stereocenters. The Morgan fingerprint density at radius 2 is 1.86 bits per heavy atom. The minimum Gasteiger partial charge on any atom is -0.314 e. The SMILES string of the molecule is Cn1cc(S(=O)(=O)N2CCNCC2)c(-c2ccncc2)n1. The summed E-state index contributed by atoms with van der Waals surface area (Å²) in [6, 6.07) is 3.53. The van der Waals surface area contributed by atoms with Gasteiger partial charge in [-0.05, 0) is 12.1 Å². The van der Waals surface area contributed by atoms with Crippen LogP contribution < -0.4 is 5.32 Å². The van der Waals surface area contributed by atoms with Crippen LogP contribution in [0.4, 0.5) is 0 Å². The van der Waals surface area contributed by atoms with Gasteiger partial charge in [-0.3, -0.25) is 9.67 Å². The molecule has 0 spiro atoms. The maximum Gasteiger partial charge on any atom is 0.246 e. The summed E-state index contributed by atoms with van der Waals surface area (Å²) in [4.78, 5) is 4.20. The second-order valence-electron chi connectivity index (χ2n) is 4.91. The van der Waals surface area contributed by atoms with Gasteiger partial charge in [0.05, 0.1) is 0 Å². The Morgan fingerprint density at radius 1 is 1.19 bits per heavy atom. The first-order chi connectivity index (χ1) is 10.1. The Kier molecular flexibility index (Phi) is 3.75. The molecule has 3 rings (SSSR count). The van der Waals surface area contributed by atoms with Gasteiger partial charge in [0.1, 0.15) is 10.6 Å². The monoisotopic (exact) mass is 307 g/mol. The van der Waals surface area contributed by atoms with E-state index in [2.05, 4.69) is 15.4 Å². The molecule has 0 radical (unpaired) electrons. The molecule has 1 aliphatic heterocycles. The van der Waals surface area contributed by atoms with Gasteiger partial charge in [0.25, 0.3) is 0 Å². The highest BCUT2D eigenvalue weighted by Crippen LogP contribution is 2.27. The normalized spacial score (nSPS) is 17.0. The third-order valence-corrected chi connectivity index (χ3v) is 5.34. The fraction of sp³-hybridized carbons (Fsp3) is 0.385. The Morgan fingerprint density at radius 3 is 2.52 bits per heavy atom. The molecule has 1 saturated heterocycles. The summed E-state index contributed by atoms with van der Waals surface area (Å²) in [6.45, 7) is 2.30. The van der Waals surface area contributed by atoms with Crippen LogP contribution in [0.25, 0.3) is 11.3 Å². The number of rotatable bonds is 3. The largest absolute Gasteiger partial charge is 0.314 e. The third-order valence-electron chi connectivity index (χ3n) is 3.44. The second kappa shape index (κ2) is 5.55. The Labute approximate surface area is 123 Å². The van der Waals surface area contributed by atoms with E-state index in [1.54, 1.807) is 37.8 Å². The molecule has 0 amide bonds. The number of sulfonamides is 1. The molecule has 0 bridgehead atoms. The maximum atomic E-state index is 12.8. The molecule has 7 nitrogen and oxygen atoms in total. The molecule has 2 aromatic rings. The zero-order valence-electron chi connectivity index (χ0n) is 11.7. The maximum absolute atomic E-state index is 12.8. The predicted octanol–water partition coefficient (Wildman–Crippen LogP) is 0.0760. The van der Waals surface area contributed by atoms with E-state index in [1.165, 1.54) is 8.99 Å². The van der Waals surface area contributed by atoms with E-state index < -0.39 is 10.0 Å². The Hall–Kier alpha value is -1.77. The van der Waals surface area contributed by atoms with Crippen LogP contribution in [0.5, 0.6) is 0 Å². The molecule has 21 heavy (non-hydrogen) atoms. The lowest BCUT2D eigenvalue weighted by atomic mass is 10.2. The molecule has 3 heterocycles. The van der Waals surface area contributed by atoms with Crippen LogP contribution in [0.1, 0.15) is 0 Å². The number of piperazine rings is 1. The van der Waals surface area contributed by atoms with Crippen molar-refractivity contribution in [2.45, 2.75) is 4.90 Å². The molecule has 2 aromatic heterocycles. The van der Waals surface area contributed by atoms with Crippen LogP contribution in [0.2, 0.25) is 0 Å². The van der Waals surface area contributed by atoms with Gasteiger partial charge in [-0.2, -0.15) is 9.40 Å². The smallest absolute Gasteiger partial charge is 0.246 e. The summed E-state index contributed by atoms with van der Waals surface area (Å²) in [5.74, 6) is 0. The van der Waals surface area contributed by atoms with Crippen molar-refractivity contribution in [3.05, 3.63) is 30.7 Å². The number of hydrogen-bond donors (Lipinski definition) is 1. The highest BCUT2D eigenvalue weighted by atomic mass is 32.2. The molecule has 0 aliphatic carbocycles. The van der Waals surface area contributed by atoms with Gasteiger partial charge in [0.2, 0.25) is 10.0 Å². The van der Waals surface area contributed by atoms with Crippen molar-refractivity contribution in [2.75, 3.05) is 26.2 Å². The topological polar surface area (TPSA) is 80.1 Å². The van der Waals surface area contributed by atoms with Gasteiger partial charge in [-0.1, -0.05) is 0 Å². The first-order valence-corrected chi connectivity index (χ1v) is 8.18. The summed E-state index contributed by atoms with van der Waals surface area (Å²) in [5.41, 5.74) is 1.22. The van der Waals surface area contributed by atoms with Crippen LogP contribution in [-0.4, -0.2) is 53.7 Å². The van der Waals surface area contributed by atoms with Crippen molar-refractivity contribution in [2.24, 2.45) is 7.05 Å². The number of hydrogen-bond acceptors (Lipinski definition) is 5. The first kappa shape index (κ1) is 14.2. The van der Waals surface area contributed by atoms with Crippen molar-refractivity contribution < 1.29 is 8.42 Å². The van der Waals surface area contributed by atoms with E-state index in [1.807, 2.05) is 0 Å². The van der Waals surface area contributed by atoms with Crippen LogP contribution in [0.3, 0.4) is 0 Å². The quantitative estimate of drug-likeness (QED) is 0.868. The predicted molar refractivity (Wildman–Crippen MR) is 78.1 cm³/mol. The average Bonchev–Trinajstić information content (AvgIpc) is 2.92. The minimum atomic E-state index is -3.53. The summed E-state index contributed by atoms with van der Waals surface area (Å²) in [5, 5.41) is 7.46. The zero-order chi connectivity index (χ0) is 14.9. The molecular weight excluding hydrogens is 290 g/mol. The van der Waals surface area contributed by atoms with Gasteiger partial charge >= 0.3 is 0 Å². The van der Waals surface area contributed by atoms with E-state index >= 15 is 0 Å². The molecule has 112 valence electrons. The lowest BCUT2D eigenvalue weighted by molar-refractivity contribution is 0.360. The zero-order valence-corrected chi connectivity index (χ0v) is 12.5. The van der Waals surface area contributed by atoms with Gasteiger partial charge in [0, 0.05) is 57.4 Å². The lowest BCUT2D eigenvalue weighted by Gasteiger charge is -2.26. The molecule has 1 N–H and O–H groups in total. The molecule has 0 saturated carbocycles. The number of nitrogens with zero attached hydrogens (tertiary/aromatic N) is 4. The fourth-order valence-electron chi connectivity index (χ4n) is 2.39. The number of aryl methyl sites for hydroxylation is 1. The van der Waals surface area contributed by atoms with Crippen molar-refractivity contribution in [3.8, 4) is 11.3 Å². The van der Waals surface area contributed by atoms with Crippen molar-refractivity contribution >= 4 is 10.0 Å². The summed E-state index contributed by atoms with van der Waals surface area (Å²) in [7, 11) is -1.81. The molecule has 1 aliphatic rings. The fourth-order valence-corrected chi connectivity index (χ4v) is 4.02. The van der Waals surface area contributed by atoms with E-state index in [0.717, 1.165) is 5.56 Å². The van der Waals surface area contributed by atoms with Crippen LogP contribution in [0, 0.1) is 0 Å². The highest BCUT2D eigenvalue weighted by Gasteiger charge is 2.30. The minimum absolute atomic E-state index is 0.248. The second-order valence-corrected chi connectivity index (χ2v) is 6.81. The van der Waals surface area contributed by atoms with E-state index in [4.69, 9.17) is 0 Å². The standard InChI is InChI=1S/C13H17N5O2S/c1-17-10-12(13(16-17)11-2-4-14-5-3-11)21(19,20)18-8-6-15-7-9-18/h2-5,10,15H,6-9H2,1H3. The van der Waals surface area contributed by atoms with E-state index in [-0.39, 0.29) is 4.90 Å². The van der Waals surface area contributed by atoms with Gasteiger partial charge in [0.15, 0.2) is 0 Å².